The molecule has 0 spiro atoms. The van der Waals surface area contributed by atoms with Crippen molar-refractivity contribution in [1.29, 1.82) is 0 Å². The average molecular weight is 691 g/mol. The summed E-state index contributed by atoms with van der Waals surface area (Å²) in [6, 6.07) is 64.9. The van der Waals surface area contributed by atoms with E-state index in [9.17, 15) is 0 Å². The van der Waals surface area contributed by atoms with Gasteiger partial charge in [-0.2, -0.15) is 0 Å². The van der Waals surface area contributed by atoms with Crippen LogP contribution in [0.15, 0.2) is 191 Å². The van der Waals surface area contributed by atoms with Crippen molar-refractivity contribution in [2.45, 2.75) is 0 Å². The largest absolute Gasteiger partial charge is 0.456 e. The van der Waals surface area contributed by atoms with Gasteiger partial charge in [0.1, 0.15) is 22.3 Å². The van der Waals surface area contributed by atoms with E-state index in [1.54, 1.807) is 0 Å². The molecule has 9 aromatic carbocycles. The molecule has 54 heavy (non-hydrogen) atoms. The SMILES string of the molecule is c1ccc2cc(-n3c4ccccc4c4c5cccc(N(c6ccc7c(c6)oc6ccccc67)c6ccc7c(c6)oc6ccccc67)c5ccc43)ccc2c1. The van der Waals surface area contributed by atoms with E-state index < -0.39 is 0 Å². The van der Waals surface area contributed by atoms with E-state index >= 15 is 0 Å². The Morgan fingerprint density at radius 2 is 0.926 bits per heavy atom. The van der Waals surface area contributed by atoms with Gasteiger partial charge < -0.3 is 18.3 Å². The van der Waals surface area contributed by atoms with Crippen molar-refractivity contribution in [3.05, 3.63) is 182 Å². The Balaban J connectivity index is 1.13. The minimum atomic E-state index is 0.851. The molecule has 0 saturated carbocycles. The van der Waals surface area contributed by atoms with E-state index in [1.165, 1.54) is 38.0 Å². The molecule has 0 fully saturated rings. The molecule has 12 rings (SSSR count). The van der Waals surface area contributed by atoms with Crippen LogP contribution < -0.4 is 4.90 Å². The van der Waals surface area contributed by atoms with Gasteiger partial charge in [-0.3, -0.25) is 0 Å². The molecule has 3 heterocycles. The summed E-state index contributed by atoms with van der Waals surface area (Å²) in [7, 11) is 0. The van der Waals surface area contributed by atoms with Crippen LogP contribution >= 0.6 is 0 Å². The smallest absolute Gasteiger partial charge is 0.137 e. The number of para-hydroxylation sites is 3. The monoisotopic (exact) mass is 690 g/mol. The maximum absolute atomic E-state index is 6.44. The molecule has 0 radical (unpaired) electrons. The van der Waals surface area contributed by atoms with Crippen LogP contribution in [-0.4, -0.2) is 4.57 Å². The van der Waals surface area contributed by atoms with E-state index in [1.807, 2.05) is 24.3 Å². The van der Waals surface area contributed by atoms with Gasteiger partial charge in [-0.15, -0.1) is 0 Å². The number of rotatable bonds is 4. The van der Waals surface area contributed by atoms with Crippen LogP contribution in [0.2, 0.25) is 0 Å². The molecule has 0 N–H and O–H groups in total. The topological polar surface area (TPSA) is 34.5 Å². The Bertz CT molecular complexity index is 3360. The van der Waals surface area contributed by atoms with E-state index in [0.717, 1.165) is 72.0 Å². The van der Waals surface area contributed by atoms with Crippen LogP contribution in [0, 0.1) is 0 Å². The van der Waals surface area contributed by atoms with Crippen LogP contribution in [0.5, 0.6) is 0 Å². The van der Waals surface area contributed by atoms with Crippen molar-refractivity contribution in [1.82, 2.24) is 4.57 Å². The summed E-state index contributed by atoms with van der Waals surface area (Å²) < 4.78 is 15.3. The third kappa shape index (κ3) is 4.19. The number of fused-ring (bicyclic) bond motifs is 12. The summed E-state index contributed by atoms with van der Waals surface area (Å²) in [4.78, 5) is 2.34. The first kappa shape index (κ1) is 29.3. The predicted octanol–water partition coefficient (Wildman–Crippen LogP) is 14.4. The fourth-order valence-electron chi connectivity index (χ4n) is 8.73. The van der Waals surface area contributed by atoms with Gasteiger partial charge in [0.05, 0.1) is 16.7 Å². The summed E-state index contributed by atoms with van der Waals surface area (Å²) >= 11 is 0. The van der Waals surface area contributed by atoms with Crippen LogP contribution in [0.25, 0.3) is 92.9 Å². The Kier molecular flexibility index (Phi) is 6.02. The molecule has 4 heteroatoms. The van der Waals surface area contributed by atoms with Crippen molar-refractivity contribution in [3.8, 4) is 5.69 Å². The van der Waals surface area contributed by atoms with Crippen molar-refractivity contribution >= 4 is 104 Å². The summed E-state index contributed by atoms with van der Waals surface area (Å²) in [5.74, 6) is 0. The second-order valence-corrected chi connectivity index (χ2v) is 14.1. The Morgan fingerprint density at radius 3 is 1.65 bits per heavy atom. The zero-order valence-electron chi connectivity index (χ0n) is 29.0. The molecule has 4 nitrogen and oxygen atoms in total. The van der Waals surface area contributed by atoms with E-state index in [2.05, 4.69) is 167 Å². The lowest BCUT2D eigenvalue weighted by Gasteiger charge is -2.27. The molecule has 252 valence electrons. The standard InChI is InChI=1S/C50H30N2O2/c1-2-11-32-28-33(21-20-31(32)10-1)52-44-16-6-3-14-42(44)50-41-15-9-17-43(36(41)26-27-45(50)52)51(34-22-24-39-37-12-4-7-18-46(37)53-48(39)29-34)35-23-25-40-38-13-5-8-19-47(38)54-49(40)30-35/h1-30H. The fraction of sp³-hybridized carbons (Fsp3) is 0. The number of furan rings is 2. The minimum absolute atomic E-state index is 0.851. The highest BCUT2D eigenvalue weighted by Gasteiger charge is 2.22. The lowest BCUT2D eigenvalue weighted by molar-refractivity contribution is 0.669. The first-order chi connectivity index (χ1) is 26.8. The van der Waals surface area contributed by atoms with Crippen molar-refractivity contribution in [3.63, 3.8) is 0 Å². The molecule has 0 bridgehead atoms. The van der Waals surface area contributed by atoms with Crippen molar-refractivity contribution < 1.29 is 8.83 Å². The average Bonchev–Trinajstić information content (AvgIpc) is 3.90. The molecular formula is C50H30N2O2. The van der Waals surface area contributed by atoms with Gasteiger partial charge in [-0.25, -0.2) is 0 Å². The molecule has 0 unspecified atom stereocenters. The number of benzene rings is 9. The van der Waals surface area contributed by atoms with E-state index in [4.69, 9.17) is 8.83 Å². The molecular weight excluding hydrogens is 661 g/mol. The van der Waals surface area contributed by atoms with E-state index in [0.29, 0.717) is 0 Å². The van der Waals surface area contributed by atoms with Gasteiger partial charge in [0, 0.05) is 66.9 Å². The molecule has 0 amide bonds. The summed E-state index contributed by atoms with van der Waals surface area (Å²) in [6.45, 7) is 0. The van der Waals surface area contributed by atoms with Crippen LogP contribution in [0.3, 0.4) is 0 Å². The molecule has 0 aliphatic rings. The molecule has 0 aliphatic carbocycles. The Morgan fingerprint density at radius 1 is 0.352 bits per heavy atom. The number of anilines is 3. The van der Waals surface area contributed by atoms with Crippen LogP contribution in [-0.2, 0) is 0 Å². The third-order valence-corrected chi connectivity index (χ3v) is 11.1. The van der Waals surface area contributed by atoms with Crippen molar-refractivity contribution in [2.24, 2.45) is 0 Å². The summed E-state index contributed by atoms with van der Waals surface area (Å²) in [5.41, 5.74) is 10.1. The van der Waals surface area contributed by atoms with Gasteiger partial charge in [-0.05, 0) is 82.9 Å². The second-order valence-electron chi connectivity index (χ2n) is 14.1. The highest BCUT2D eigenvalue weighted by Crippen LogP contribution is 2.45. The number of nitrogens with zero attached hydrogens (tertiary/aromatic N) is 2. The molecule has 12 aromatic rings. The normalized spacial score (nSPS) is 12.1. The second kappa shape index (κ2) is 11.1. The maximum atomic E-state index is 6.44. The van der Waals surface area contributed by atoms with Gasteiger partial charge in [0.2, 0.25) is 0 Å². The minimum Gasteiger partial charge on any atom is -0.456 e. The summed E-state index contributed by atoms with van der Waals surface area (Å²) in [5, 5.41) is 11.7. The molecule has 3 aromatic heterocycles. The predicted molar refractivity (Wildman–Crippen MR) is 225 cm³/mol. The Hall–Kier alpha value is -7.30. The number of hydrogen-bond donors (Lipinski definition) is 0. The van der Waals surface area contributed by atoms with E-state index in [-0.39, 0.29) is 0 Å². The first-order valence-electron chi connectivity index (χ1n) is 18.3. The number of aromatic nitrogens is 1. The quantitative estimate of drug-likeness (QED) is 0.184. The zero-order valence-corrected chi connectivity index (χ0v) is 29.0. The van der Waals surface area contributed by atoms with Gasteiger partial charge in [-0.1, -0.05) is 103 Å². The summed E-state index contributed by atoms with van der Waals surface area (Å²) in [6.07, 6.45) is 0. The molecule has 0 aliphatic heterocycles. The van der Waals surface area contributed by atoms with Crippen molar-refractivity contribution in [2.75, 3.05) is 4.90 Å². The van der Waals surface area contributed by atoms with Crippen LogP contribution in [0.1, 0.15) is 0 Å². The lowest BCUT2D eigenvalue weighted by atomic mass is 10.0. The first-order valence-corrected chi connectivity index (χ1v) is 18.3. The Labute approximate surface area is 309 Å². The van der Waals surface area contributed by atoms with Gasteiger partial charge >= 0.3 is 0 Å². The highest BCUT2D eigenvalue weighted by molar-refractivity contribution is 6.23. The van der Waals surface area contributed by atoms with Gasteiger partial charge in [0.25, 0.3) is 0 Å². The molecule has 0 saturated heterocycles. The van der Waals surface area contributed by atoms with Crippen LogP contribution in [0.4, 0.5) is 17.1 Å². The van der Waals surface area contributed by atoms with Gasteiger partial charge in [0.15, 0.2) is 0 Å². The maximum Gasteiger partial charge on any atom is 0.137 e. The lowest BCUT2D eigenvalue weighted by Crippen LogP contribution is -2.10. The third-order valence-electron chi connectivity index (χ3n) is 11.1. The molecule has 0 atom stereocenters. The zero-order chi connectivity index (χ0) is 35.3. The number of hydrogen-bond acceptors (Lipinski definition) is 3. The fourth-order valence-corrected chi connectivity index (χ4v) is 8.73. The highest BCUT2D eigenvalue weighted by atomic mass is 16.3.